The van der Waals surface area contributed by atoms with Gasteiger partial charge in [0.2, 0.25) is 17.2 Å². The lowest BCUT2D eigenvalue weighted by atomic mass is 9.69. The molecule has 4 atom stereocenters. The van der Waals surface area contributed by atoms with Crippen LogP contribution in [0.2, 0.25) is 5.02 Å². The minimum Gasteiger partial charge on any atom is -0.497 e. The van der Waals surface area contributed by atoms with Gasteiger partial charge in [-0.3, -0.25) is 23.8 Å². The Morgan fingerprint density at radius 2 is 1.11 bits per heavy atom. The van der Waals surface area contributed by atoms with Gasteiger partial charge < -0.3 is 18.9 Å². The van der Waals surface area contributed by atoms with Gasteiger partial charge in [-0.15, -0.1) is 0 Å². The number of fused-ring (bicyclic) bond motifs is 1. The minimum atomic E-state index is -2.52. The molecule has 10 nitrogen and oxygen atoms in total. The van der Waals surface area contributed by atoms with Crippen LogP contribution in [0.25, 0.3) is 0 Å². The van der Waals surface area contributed by atoms with E-state index in [1.807, 2.05) is 0 Å². The normalized spacial score (nSPS) is 27.6. The van der Waals surface area contributed by atoms with Crippen molar-refractivity contribution in [1.29, 1.82) is 0 Å². The highest BCUT2D eigenvalue weighted by atomic mass is 35.5. The summed E-state index contributed by atoms with van der Waals surface area (Å²) in [7, 11) is 4.50. The summed E-state index contributed by atoms with van der Waals surface area (Å²) in [5.41, 5.74) is -4.14. The first-order chi connectivity index (χ1) is 21.7. The van der Waals surface area contributed by atoms with Gasteiger partial charge in [0.1, 0.15) is 17.2 Å². The fourth-order valence-electron chi connectivity index (χ4n) is 6.21. The molecule has 4 aromatic rings. The van der Waals surface area contributed by atoms with Gasteiger partial charge in [-0.2, -0.15) is 0 Å². The SMILES string of the molecule is COc1ccc([C@]23O[C@]4(c5ccc(OC)cc5)OC(=O)[C@@](c5ccc(OC)cc5)(O2)[C@]4(C(=O)C(=O)c2ccc(Cl)cc2)O3)cc1. The summed E-state index contributed by atoms with van der Waals surface area (Å²) in [6, 6.07) is 25.0. The Balaban J connectivity index is 1.53. The molecule has 3 aliphatic rings. The highest BCUT2D eigenvalue weighted by molar-refractivity contribution is 6.47. The van der Waals surface area contributed by atoms with E-state index in [0.717, 1.165) is 0 Å². The van der Waals surface area contributed by atoms with Crippen molar-refractivity contribution in [3.8, 4) is 17.2 Å². The molecule has 11 heteroatoms. The molecule has 4 aromatic carbocycles. The van der Waals surface area contributed by atoms with E-state index in [1.165, 1.54) is 45.6 Å². The Kier molecular flexibility index (Phi) is 6.54. The molecule has 0 unspecified atom stereocenters. The Hall–Kier alpha value is -4.74. The van der Waals surface area contributed by atoms with Crippen molar-refractivity contribution < 1.29 is 47.5 Å². The third kappa shape index (κ3) is 3.77. The van der Waals surface area contributed by atoms with Crippen molar-refractivity contribution in [2.75, 3.05) is 21.3 Å². The third-order valence-electron chi connectivity index (χ3n) is 8.38. The number of benzene rings is 4. The van der Waals surface area contributed by atoms with E-state index in [4.69, 9.17) is 44.8 Å². The maximum atomic E-state index is 14.9. The number of hydrogen-bond acceptors (Lipinski definition) is 10. The monoisotopic (exact) mass is 628 g/mol. The Bertz CT molecular complexity index is 1820. The number of Topliss-reactive ketones (excluding diaryl/α,β-unsaturated/α-hetero) is 2. The molecule has 3 aliphatic heterocycles. The highest BCUT2D eigenvalue weighted by Gasteiger charge is 2.95. The number of carbonyl (C=O) groups excluding carboxylic acids is 3. The number of rotatable bonds is 9. The molecule has 0 saturated carbocycles. The van der Waals surface area contributed by atoms with Crippen LogP contribution in [0, 0.1) is 0 Å². The van der Waals surface area contributed by atoms with Crippen molar-refractivity contribution in [3.63, 3.8) is 0 Å². The molecule has 0 aliphatic carbocycles. The third-order valence-corrected chi connectivity index (χ3v) is 8.63. The van der Waals surface area contributed by atoms with Gasteiger partial charge in [0.15, 0.2) is 0 Å². The minimum absolute atomic E-state index is 0.0119. The number of ketones is 2. The summed E-state index contributed by atoms with van der Waals surface area (Å²) >= 11 is 6.07. The summed E-state index contributed by atoms with van der Waals surface area (Å²) in [5, 5.41) is 0.364. The molecule has 2 bridgehead atoms. The van der Waals surface area contributed by atoms with Crippen LogP contribution >= 0.6 is 11.6 Å². The predicted octanol–water partition coefficient (Wildman–Crippen LogP) is 5.05. The van der Waals surface area contributed by atoms with E-state index in [0.29, 0.717) is 22.3 Å². The van der Waals surface area contributed by atoms with E-state index < -0.39 is 40.5 Å². The zero-order valence-electron chi connectivity index (χ0n) is 24.2. The van der Waals surface area contributed by atoms with E-state index in [9.17, 15) is 14.4 Å². The number of esters is 1. The topological polar surface area (TPSA) is 116 Å². The molecule has 0 spiro atoms. The van der Waals surface area contributed by atoms with Crippen molar-refractivity contribution in [1.82, 2.24) is 0 Å². The summed E-state index contributed by atoms with van der Waals surface area (Å²) in [6.45, 7) is 0. The smallest absolute Gasteiger partial charge is 0.350 e. The number of halogens is 1. The lowest BCUT2D eigenvalue weighted by molar-refractivity contribution is -0.379. The van der Waals surface area contributed by atoms with Gasteiger partial charge in [-0.05, 0) is 90.5 Å². The van der Waals surface area contributed by atoms with Gasteiger partial charge in [0.05, 0.1) is 21.3 Å². The Morgan fingerprint density at radius 1 is 0.622 bits per heavy atom. The highest BCUT2D eigenvalue weighted by Crippen LogP contribution is 2.74. The van der Waals surface area contributed by atoms with Crippen LogP contribution in [0.15, 0.2) is 97.1 Å². The molecule has 3 heterocycles. The summed E-state index contributed by atoms with van der Waals surface area (Å²) < 4.78 is 41.8. The largest absolute Gasteiger partial charge is 0.497 e. The maximum Gasteiger partial charge on any atom is 0.350 e. The fraction of sp³-hybridized carbons (Fsp3) is 0.206. The average molecular weight is 629 g/mol. The van der Waals surface area contributed by atoms with Crippen LogP contribution < -0.4 is 14.2 Å². The second-order valence-electron chi connectivity index (χ2n) is 10.6. The molecule has 3 saturated heterocycles. The molecule has 0 amide bonds. The molecule has 3 fully saturated rings. The number of hydrogen-bond donors (Lipinski definition) is 0. The van der Waals surface area contributed by atoms with Crippen molar-refractivity contribution in [2.45, 2.75) is 23.0 Å². The van der Waals surface area contributed by atoms with Crippen LogP contribution in [0.1, 0.15) is 27.0 Å². The van der Waals surface area contributed by atoms with Crippen molar-refractivity contribution in [2.24, 2.45) is 0 Å². The molecular formula is C34H25ClO10. The first-order valence-corrected chi connectivity index (χ1v) is 14.2. The fourth-order valence-corrected chi connectivity index (χ4v) is 6.33. The zero-order valence-corrected chi connectivity index (χ0v) is 25.0. The summed E-state index contributed by atoms with van der Waals surface area (Å²) in [5.74, 6) is -6.07. The van der Waals surface area contributed by atoms with E-state index in [2.05, 4.69) is 0 Å². The second kappa shape index (κ2) is 10.1. The van der Waals surface area contributed by atoms with E-state index in [1.54, 1.807) is 72.8 Å². The molecular weight excluding hydrogens is 604 g/mol. The number of ether oxygens (including phenoxy) is 7. The lowest BCUT2D eigenvalue weighted by Gasteiger charge is -2.41. The lowest BCUT2D eigenvalue weighted by Crippen LogP contribution is -2.65. The first-order valence-electron chi connectivity index (χ1n) is 13.8. The molecule has 228 valence electrons. The van der Waals surface area contributed by atoms with Gasteiger partial charge in [0, 0.05) is 21.7 Å². The van der Waals surface area contributed by atoms with Crippen molar-refractivity contribution in [3.05, 3.63) is 124 Å². The molecule has 0 radical (unpaired) electrons. The van der Waals surface area contributed by atoms with Crippen LogP contribution in [-0.4, -0.2) is 44.5 Å². The van der Waals surface area contributed by atoms with E-state index in [-0.39, 0.29) is 22.3 Å². The summed E-state index contributed by atoms with van der Waals surface area (Å²) in [4.78, 5) is 43.4. The predicted molar refractivity (Wildman–Crippen MR) is 157 cm³/mol. The standard InChI is InChI=1S/C34H25ClO10/c1-39-25-14-6-21(7-15-25)31-30(38)42-33(22-8-16-26(40-2)17-9-22)32(31,29(37)28(36)20-4-12-24(35)13-5-20)44-34(43-31,45-33)23-10-18-27(41-3)19-11-23/h4-19H,1-3H3/t31-,32+,33+,34+/m1/s1. The van der Waals surface area contributed by atoms with Crippen LogP contribution in [0.4, 0.5) is 0 Å². The molecule has 45 heavy (non-hydrogen) atoms. The van der Waals surface area contributed by atoms with Crippen LogP contribution in [0.5, 0.6) is 17.2 Å². The van der Waals surface area contributed by atoms with Gasteiger partial charge in [0.25, 0.3) is 11.4 Å². The molecule has 0 aromatic heterocycles. The van der Waals surface area contributed by atoms with Gasteiger partial charge in [-0.25, -0.2) is 4.79 Å². The van der Waals surface area contributed by atoms with Crippen LogP contribution in [-0.2, 0) is 45.9 Å². The van der Waals surface area contributed by atoms with E-state index >= 15 is 0 Å². The van der Waals surface area contributed by atoms with Gasteiger partial charge in [-0.1, -0.05) is 23.7 Å². The quantitative estimate of drug-likeness (QED) is 0.142. The zero-order chi connectivity index (χ0) is 31.6. The first kappa shape index (κ1) is 29.0. The number of carbonyl (C=O) groups is 3. The molecule has 0 N–H and O–H groups in total. The van der Waals surface area contributed by atoms with Crippen LogP contribution in [0.3, 0.4) is 0 Å². The average Bonchev–Trinajstić information content (AvgIpc) is 3.60. The Labute approximate surface area is 262 Å². The van der Waals surface area contributed by atoms with Crippen molar-refractivity contribution >= 4 is 29.1 Å². The molecule has 7 rings (SSSR count). The van der Waals surface area contributed by atoms with Gasteiger partial charge >= 0.3 is 11.9 Å². The number of methoxy groups -OCH3 is 3. The second-order valence-corrected chi connectivity index (χ2v) is 11.0. The Morgan fingerprint density at radius 3 is 1.62 bits per heavy atom. The maximum absolute atomic E-state index is 14.9. The summed E-state index contributed by atoms with van der Waals surface area (Å²) in [6.07, 6.45) is 0.